The van der Waals surface area contributed by atoms with Crippen LogP contribution in [-0.2, 0) is 11.4 Å². The van der Waals surface area contributed by atoms with Crippen LogP contribution in [0, 0.1) is 5.41 Å². The van der Waals surface area contributed by atoms with Gasteiger partial charge in [0, 0.05) is 28.3 Å². The number of benzene rings is 2. The number of Topliss-reactive ketones (excluding diaryl/α,β-unsaturated/α-hetero) is 1. The van der Waals surface area contributed by atoms with Gasteiger partial charge in [0.25, 0.3) is 0 Å². The number of anilines is 1. The van der Waals surface area contributed by atoms with E-state index in [1.807, 2.05) is 42.5 Å². The first-order valence-corrected chi connectivity index (χ1v) is 11.2. The Morgan fingerprint density at radius 2 is 2.00 bits per heavy atom. The minimum atomic E-state index is -0.381. The van der Waals surface area contributed by atoms with Gasteiger partial charge in [-0.05, 0) is 35.6 Å². The smallest absolute Gasteiger partial charge is 0.226 e. The first-order chi connectivity index (χ1) is 15.9. The Morgan fingerprint density at radius 1 is 1.18 bits per heavy atom. The minimum absolute atomic E-state index is 0.107. The molecule has 0 spiro atoms. The van der Waals surface area contributed by atoms with Crippen molar-refractivity contribution in [2.75, 3.05) is 12.4 Å². The second kappa shape index (κ2) is 8.23. The summed E-state index contributed by atoms with van der Waals surface area (Å²) < 4.78 is 13.4. The molecule has 0 radical (unpaired) electrons. The number of nitrogens with one attached hydrogen (secondary N) is 1. The number of hydrogen-bond donors (Lipinski definition) is 1. The van der Waals surface area contributed by atoms with Crippen molar-refractivity contribution in [2.24, 2.45) is 5.41 Å². The van der Waals surface area contributed by atoms with E-state index in [0.717, 1.165) is 28.8 Å². The van der Waals surface area contributed by atoms with E-state index in [2.05, 4.69) is 29.2 Å². The van der Waals surface area contributed by atoms with Gasteiger partial charge in [-0.3, -0.25) is 4.79 Å². The number of halogens is 1. The summed E-state index contributed by atoms with van der Waals surface area (Å²) in [6.45, 7) is 4.54. The minimum Gasteiger partial charge on any atom is -0.493 e. The molecule has 1 atom stereocenters. The molecule has 0 amide bonds. The summed E-state index contributed by atoms with van der Waals surface area (Å²) >= 11 is 6.26. The SMILES string of the molecule is COc1cc(C2C3=C(CC(C)(C)CC3=O)Nc3ncnn32)ccc1OCc1ccccc1Cl. The zero-order valence-corrected chi connectivity index (χ0v) is 19.5. The number of ketones is 1. The van der Waals surface area contributed by atoms with Crippen molar-refractivity contribution in [3.8, 4) is 11.5 Å². The van der Waals surface area contributed by atoms with E-state index in [0.29, 0.717) is 35.5 Å². The number of allylic oxidation sites excluding steroid dienone is 2. The maximum Gasteiger partial charge on any atom is 0.226 e. The van der Waals surface area contributed by atoms with E-state index < -0.39 is 0 Å². The van der Waals surface area contributed by atoms with Crippen LogP contribution in [0.4, 0.5) is 5.95 Å². The predicted octanol–water partition coefficient (Wildman–Crippen LogP) is 5.18. The molecule has 8 heteroatoms. The van der Waals surface area contributed by atoms with Gasteiger partial charge in [0.1, 0.15) is 19.0 Å². The third-order valence-corrected chi connectivity index (χ3v) is 6.49. The summed E-state index contributed by atoms with van der Waals surface area (Å²) in [5.41, 5.74) is 3.31. The summed E-state index contributed by atoms with van der Waals surface area (Å²) in [7, 11) is 1.60. The third-order valence-electron chi connectivity index (χ3n) is 6.12. The molecule has 1 aliphatic heterocycles. The first-order valence-electron chi connectivity index (χ1n) is 10.8. The molecule has 5 rings (SSSR count). The van der Waals surface area contributed by atoms with Crippen LogP contribution < -0.4 is 14.8 Å². The maximum absolute atomic E-state index is 13.2. The van der Waals surface area contributed by atoms with Crippen LogP contribution in [0.2, 0.25) is 5.02 Å². The zero-order valence-electron chi connectivity index (χ0n) is 18.8. The molecule has 2 aliphatic rings. The van der Waals surface area contributed by atoms with Crippen molar-refractivity contribution in [1.82, 2.24) is 14.8 Å². The van der Waals surface area contributed by atoms with Crippen LogP contribution in [-0.4, -0.2) is 27.7 Å². The molecule has 0 saturated heterocycles. The highest BCUT2D eigenvalue weighted by Crippen LogP contribution is 2.46. The number of carbonyl (C=O) groups excluding carboxylic acids is 1. The molecule has 1 unspecified atom stereocenters. The lowest BCUT2D eigenvalue weighted by atomic mass is 9.73. The Kier molecular flexibility index (Phi) is 5.37. The molecule has 2 heterocycles. The van der Waals surface area contributed by atoms with Crippen LogP contribution >= 0.6 is 11.6 Å². The monoisotopic (exact) mass is 464 g/mol. The summed E-state index contributed by atoms with van der Waals surface area (Å²) in [4.78, 5) is 17.6. The van der Waals surface area contributed by atoms with Crippen LogP contribution in [0.3, 0.4) is 0 Å². The standard InChI is InChI=1S/C25H25ClN4O3/c1-25(2)11-18-22(19(31)12-25)23(30-24(29-18)27-14-28-30)15-8-9-20(21(10-15)32-3)33-13-16-6-4-5-7-17(16)26/h4-10,14,23H,11-13H2,1-3H3,(H,27,28,29). The summed E-state index contributed by atoms with van der Waals surface area (Å²) in [6.07, 6.45) is 2.76. The highest BCUT2D eigenvalue weighted by Gasteiger charge is 2.41. The summed E-state index contributed by atoms with van der Waals surface area (Å²) in [5.74, 6) is 1.92. The van der Waals surface area contributed by atoms with E-state index in [1.165, 1.54) is 6.33 Å². The molecule has 0 bridgehead atoms. The topological polar surface area (TPSA) is 78.3 Å². The average Bonchev–Trinajstić information content (AvgIpc) is 3.24. The van der Waals surface area contributed by atoms with E-state index in [9.17, 15) is 4.79 Å². The Hall–Kier alpha value is -3.32. The van der Waals surface area contributed by atoms with Gasteiger partial charge in [-0.25, -0.2) is 4.68 Å². The Labute approximate surface area is 197 Å². The van der Waals surface area contributed by atoms with Crippen LogP contribution in [0.5, 0.6) is 11.5 Å². The van der Waals surface area contributed by atoms with Crippen molar-refractivity contribution >= 4 is 23.3 Å². The number of ether oxygens (including phenoxy) is 2. The first kappa shape index (κ1) is 21.5. The molecule has 0 fully saturated rings. The van der Waals surface area contributed by atoms with Gasteiger partial charge < -0.3 is 14.8 Å². The second-order valence-electron chi connectivity index (χ2n) is 9.18. The molecule has 33 heavy (non-hydrogen) atoms. The molecule has 2 aromatic carbocycles. The zero-order chi connectivity index (χ0) is 23.2. The van der Waals surface area contributed by atoms with Gasteiger partial charge in [-0.1, -0.05) is 49.7 Å². The van der Waals surface area contributed by atoms with E-state index in [1.54, 1.807) is 11.8 Å². The maximum atomic E-state index is 13.2. The molecule has 3 aromatic rings. The Morgan fingerprint density at radius 3 is 2.79 bits per heavy atom. The third kappa shape index (κ3) is 3.97. The summed E-state index contributed by atoms with van der Waals surface area (Å²) in [5, 5.41) is 8.39. The fourth-order valence-corrected chi connectivity index (χ4v) is 4.79. The van der Waals surface area contributed by atoms with Gasteiger partial charge in [0.05, 0.1) is 7.11 Å². The number of methoxy groups -OCH3 is 1. The molecular weight excluding hydrogens is 440 g/mol. The quantitative estimate of drug-likeness (QED) is 0.560. The molecule has 170 valence electrons. The van der Waals surface area contributed by atoms with Gasteiger partial charge in [0.15, 0.2) is 17.3 Å². The van der Waals surface area contributed by atoms with Crippen LogP contribution in [0.25, 0.3) is 0 Å². The fraction of sp³-hybridized carbons (Fsp3) is 0.320. The Bertz CT molecular complexity index is 1260. The van der Waals surface area contributed by atoms with Crippen LogP contribution in [0.1, 0.15) is 43.9 Å². The van der Waals surface area contributed by atoms with Crippen LogP contribution in [0.15, 0.2) is 60.1 Å². The van der Waals surface area contributed by atoms with Crippen molar-refractivity contribution < 1.29 is 14.3 Å². The van der Waals surface area contributed by atoms with E-state index in [4.69, 9.17) is 21.1 Å². The molecule has 1 aliphatic carbocycles. The van der Waals surface area contributed by atoms with Gasteiger partial charge in [-0.2, -0.15) is 10.1 Å². The number of nitrogens with zero attached hydrogens (tertiary/aromatic N) is 3. The molecular formula is C25H25ClN4O3. The normalized spacial score (nSPS) is 18.9. The highest BCUT2D eigenvalue weighted by molar-refractivity contribution is 6.31. The van der Waals surface area contributed by atoms with E-state index in [-0.39, 0.29) is 17.2 Å². The average molecular weight is 465 g/mol. The number of hydrogen-bond acceptors (Lipinski definition) is 6. The summed E-state index contributed by atoms with van der Waals surface area (Å²) in [6, 6.07) is 12.9. The largest absolute Gasteiger partial charge is 0.493 e. The Balaban J connectivity index is 1.51. The fourth-order valence-electron chi connectivity index (χ4n) is 4.60. The van der Waals surface area contributed by atoms with Crippen molar-refractivity contribution in [3.05, 3.63) is 76.2 Å². The number of fused-ring (bicyclic) bond motifs is 1. The molecule has 7 nitrogen and oxygen atoms in total. The van der Waals surface area contributed by atoms with Gasteiger partial charge in [-0.15, -0.1) is 0 Å². The lowest BCUT2D eigenvalue weighted by Crippen LogP contribution is -2.36. The lowest BCUT2D eigenvalue weighted by molar-refractivity contribution is -0.118. The highest BCUT2D eigenvalue weighted by atomic mass is 35.5. The van der Waals surface area contributed by atoms with Crippen molar-refractivity contribution in [2.45, 2.75) is 39.3 Å². The molecule has 0 saturated carbocycles. The number of rotatable bonds is 5. The van der Waals surface area contributed by atoms with Crippen molar-refractivity contribution in [1.29, 1.82) is 0 Å². The van der Waals surface area contributed by atoms with Gasteiger partial charge >= 0.3 is 0 Å². The predicted molar refractivity (Wildman–Crippen MR) is 126 cm³/mol. The lowest BCUT2D eigenvalue weighted by Gasteiger charge is -2.38. The number of aromatic nitrogens is 3. The second-order valence-corrected chi connectivity index (χ2v) is 9.59. The number of carbonyl (C=O) groups is 1. The molecule has 1 N–H and O–H groups in total. The van der Waals surface area contributed by atoms with E-state index >= 15 is 0 Å². The van der Waals surface area contributed by atoms with Crippen molar-refractivity contribution in [3.63, 3.8) is 0 Å². The van der Waals surface area contributed by atoms with Gasteiger partial charge in [0.2, 0.25) is 5.95 Å². The molecule has 1 aromatic heterocycles.